The van der Waals surface area contributed by atoms with E-state index in [1.807, 2.05) is 11.8 Å². The van der Waals surface area contributed by atoms with Crippen LogP contribution in [0.1, 0.15) is 50.5 Å². The van der Waals surface area contributed by atoms with E-state index < -0.39 is 36.5 Å². The van der Waals surface area contributed by atoms with Gasteiger partial charge in [0.25, 0.3) is 0 Å². The zero-order valence-electron chi connectivity index (χ0n) is 21.8. The van der Waals surface area contributed by atoms with Gasteiger partial charge in [0.1, 0.15) is 0 Å². The summed E-state index contributed by atoms with van der Waals surface area (Å²) in [6.45, 7) is 3.39. The highest BCUT2D eigenvalue weighted by molar-refractivity contribution is 6.30. The Kier molecular flexibility index (Phi) is 7.04. The summed E-state index contributed by atoms with van der Waals surface area (Å²) in [6.07, 6.45) is -1.73. The number of carbonyl (C=O) groups is 3. The zero-order valence-corrected chi connectivity index (χ0v) is 22.6. The normalized spacial score (nSPS) is 28.9. The van der Waals surface area contributed by atoms with Crippen molar-refractivity contribution in [3.05, 3.63) is 34.9 Å². The molecule has 0 bridgehead atoms. The Bertz CT molecular complexity index is 1140. The number of likely N-dealkylation sites (N-methyl/N-ethyl adjacent to an activating group) is 1. The Morgan fingerprint density at radius 3 is 2.15 bits per heavy atom. The molecule has 2 aliphatic carbocycles. The Morgan fingerprint density at radius 2 is 1.62 bits per heavy atom. The molecule has 12 heteroatoms. The standard InChI is InChI=1S/C27H32ClF4N3O4/c1-25(9-10-25)23(37)34-11-7-17(8-12-34)22(36)35-14-19(16-3-5-18(28)6-4-16)20(15-35)33(2)24(38)39-21-13-26(29,30)27(21,31)32/h3-6,17,19-21H,7-15H2,1-2H3/t19?,20-,21?/m1/s1. The van der Waals surface area contributed by atoms with Gasteiger partial charge in [-0.1, -0.05) is 30.7 Å². The van der Waals surface area contributed by atoms with E-state index >= 15 is 0 Å². The molecule has 0 aromatic heterocycles. The van der Waals surface area contributed by atoms with Crippen LogP contribution in [0.4, 0.5) is 22.4 Å². The zero-order chi connectivity index (χ0) is 28.3. The van der Waals surface area contributed by atoms with Crippen molar-refractivity contribution in [2.45, 2.75) is 68.9 Å². The number of benzene rings is 1. The van der Waals surface area contributed by atoms with Gasteiger partial charge in [0.2, 0.25) is 11.8 Å². The Balaban J connectivity index is 1.26. The minimum Gasteiger partial charge on any atom is -0.439 e. The number of halogens is 5. The minimum absolute atomic E-state index is 0.0897. The van der Waals surface area contributed by atoms with Gasteiger partial charge in [0, 0.05) is 55.5 Å². The first kappa shape index (κ1) is 28.0. The van der Waals surface area contributed by atoms with Gasteiger partial charge in [0.05, 0.1) is 12.5 Å². The van der Waals surface area contributed by atoms with Crippen molar-refractivity contribution < 1.29 is 36.7 Å². The third kappa shape index (κ3) is 5.07. The first-order valence-electron chi connectivity index (χ1n) is 13.3. The molecule has 2 aliphatic heterocycles. The summed E-state index contributed by atoms with van der Waals surface area (Å²) < 4.78 is 58.8. The fourth-order valence-electron chi connectivity index (χ4n) is 5.82. The number of nitrogens with zero attached hydrogens (tertiary/aromatic N) is 3. The highest BCUT2D eigenvalue weighted by Gasteiger charge is 2.74. The van der Waals surface area contributed by atoms with Crippen LogP contribution < -0.4 is 0 Å². The van der Waals surface area contributed by atoms with Gasteiger partial charge in [-0.25, -0.2) is 4.79 Å². The number of alkyl halides is 4. The van der Waals surface area contributed by atoms with Crippen LogP contribution in [0.2, 0.25) is 5.02 Å². The summed E-state index contributed by atoms with van der Waals surface area (Å²) in [4.78, 5) is 43.6. The van der Waals surface area contributed by atoms with E-state index in [1.54, 1.807) is 29.2 Å². The van der Waals surface area contributed by atoms with Crippen LogP contribution in [0.25, 0.3) is 0 Å². The number of likely N-dealkylation sites (tertiary alicyclic amines) is 2. The van der Waals surface area contributed by atoms with Gasteiger partial charge >= 0.3 is 17.9 Å². The highest BCUT2D eigenvalue weighted by Crippen LogP contribution is 2.53. The number of amides is 3. The van der Waals surface area contributed by atoms with E-state index in [2.05, 4.69) is 0 Å². The number of hydrogen-bond donors (Lipinski definition) is 0. The average Bonchev–Trinajstić information content (AvgIpc) is 3.51. The van der Waals surface area contributed by atoms with Gasteiger partial charge in [-0.05, 0) is 43.4 Å². The summed E-state index contributed by atoms with van der Waals surface area (Å²) in [5.74, 6) is -9.23. The Morgan fingerprint density at radius 1 is 1.00 bits per heavy atom. The van der Waals surface area contributed by atoms with Gasteiger partial charge in [0.15, 0.2) is 6.10 Å². The predicted molar refractivity (Wildman–Crippen MR) is 134 cm³/mol. The SMILES string of the molecule is CN(C(=O)OC1CC(F)(F)C1(F)F)[C@@H]1CN(C(=O)C2CCN(C(=O)C3(C)CC3)CC2)CC1c1ccc(Cl)cc1. The van der Waals surface area contributed by atoms with Crippen LogP contribution in [0.15, 0.2) is 24.3 Å². The van der Waals surface area contributed by atoms with E-state index in [9.17, 15) is 31.9 Å². The lowest BCUT2D eigenvalue weighted by molar-refractivity contribution is -0.330. The van der Waals surface area contributed by atoms with Crippen molar-refractivity contribution in [2.24, 2.45) is 11.3 Å². The molecule has 0 radical (unpaired) electrons. The van der Waals surface area contributed by atoms with Gasteiger partial charge in [-0.2, -0.15) is 17.6 Å². The van der Waals surface area contributed by atoms with Crippen molar-refractivity contribution in [1.29, 1.82) is 0 Å². The molecule has 7 nitrogen and oxygen atoms in total. The van der Waals surface area contributed by atoms with Crippen LogP contribution >= 0.6 is 11.6 Å². The first-order valence-corrected chi connectivity index (χ1v) is 13.6. The van der Waals surface area contributed by atoms with Crippen LogP contribution in [0.3, 0.4) is 0 Å². The second kappa shape index (κ2) is 9.82. The maximum atomic E-state index is 13.7. The molecule has 2 unspecified atom stereocenters. The summed E-state index contributed by atoms with van der Waals surface area (Å²) in [5, 5.41) is 0.503. The van der Waals surface area contributed by atoms with Gasteiger partial charge in [-0.3, -0.25) is 9.59 Å². The first-order chi connectivity index (χ1) is 18.2. The van der Waals surface area contributed by atoms with Crippen LogP contribution in [-0.4, -0.2) is 89.8 Å². The third-order valence-corrected chi connectivity index (χ3v) is 9.16. The summed E-state index contributed by atoms with van der Waals surface area (Å²) in [7, 11) is 1.36. The molecular weight excluding hydrogens is 542 g/mol. The van der Waals surface area contributed by atoms with E-state index in [-0.39, 0.29) is 42.2 Å². The lowest BCUT2D eigenvalue weighted by atomic mass is 9.85. The third-order valence-electron chi connectivity index (χ3n) is 8.91. The Labute approximate surface area is 229 Å². The van der Waals surface area contributed by atoms with E-state index in [4.69, 9.17) is 16.3 Å². The number of rotatable bonds is 5. The van der Waals surface area contributed by atoms with E-state index in [0.717, 1.165) is 23.3 Å². The maximum absolute atomic E-state index is 13.7. The molecular formula is C27H32ClF4N3O4. The number of carbonyl (C=O) groups excluding carboxylic acids is 3. The monoisotopic (exact) mass is 573 g/mol. The highest BCUT2D eigenvalue weighted by atomic mass is 35.5. The number of piperidine rings is 1. The number of ether oxygens (including phenoxy) is 1. The van der Waals surface area contributed by atoms with Crippen molar-refractivity contribution in [3.63, 3.8) is 0 Å². The van der Waals surface area contributed by atoms with E-state index in [1.165, 1.54) is 7.05 Å². The van der Waals surface area contributed by atoms with Crippen LogP contribution in [-0.2, 0) is 14.3 Å². The van der Waals surface area contributed by atoms with Gasteiger partial charge in [-0.15, -0.1) is 0 Å². The molecule has 1 aromatic carbocycles. The summed E-state index contributed by atoms with van der Waals surface area (Å²) >= 11 is 6.03. The molecule has 2 saturated heterocycles. The molecule has 0 N–H and O–H groups in total. The molecule has 3 amide bonds. The van der Waals surface area contributed by atoms with Crippen LogP contribution in [0, 0.1) is 11.3 Å². The molecule has 2 saturated carbocycles. The fraction of sp³-hybridized carbons (Fsp3) is 0.667. The lowest BCUT2D eigenvalue weighted by Gasteiger charge is -2.43. The van der Waals surface area contributed by atoms with Crippen molar-refractivity contribution in [1.82, 2.24) is 14.7 Å². The molecule has 4 aliphatic rings. The molecule has 39 heavy (non-hydrogen) atoms. The summed E-state index contributed by atoms with van der Waals surface area (Å²) in [6, 6.07) is 6.28. The topological polar surface area (TPSA) is 70.2 Å². The van der Waals surface area contributed by atoms with Crippen molar-refractivity contribution in [2.75, 3.05) is 33.2 Å². The van der Waals surface area contributed by atoms with Crippen LogP contribution in [0.5, 0.6) is 0 Å². The number of hydrogen-bond acceptors (Lipinski definition) is 4. The quantitative estimate of drug-likeness (QED) is 0.475. The molecule has 1 aromatic rings. The van der Waals surface area contributed by atoms with Gasteiger partial charge < -0.3 is 19.4 Å². The van der Waals surface area contributed by atoms with E-state index in [0.29, 0.717) is 31.0 Å². The minimum atomic E-state index is -4.43. The summed E-state index contributed by atoms with van der Waals surface area (Å²) in [5.41, 5.74) is 0.529. The second-order valence-electron chi connectivity index (χ2n) is 11.6. The Hall–Kier alpha value is -2.56. The molecule has 3 atom stereocenters. The average molecular weight is 574 g/mol. The molecule has 2 heterocycles. The fourth-order valence-corrected chi connectivity index (χ4v) is 5.95. The largest absolute Gasteiger partial charge is 0.439 e. The van der Waals surface area contributed by atoms with Crippen molar-refractivity contribution in [3.8, 4) is 0 Å². The molecule has 214 valence electrons. The smallest absolute Gasteiger partial charge is 0.410 e. The second-order valence-corrected chi connectivity index (χ2v) is 12.0. The molecule has 5 rings (SSSR count). The van der Waals surface area contributed by atoms with Crippen molar-refractivity contribution >= 4 is 29.5 Å². The molecule has 4 fully saturated rings. The maximum Gasteiger partial charge on any atom is 0.410 e. The predicted octanol–water partition coefficient (Wildman–Crippen LogP) is 4.78. The molecule has 0 spiro atoms. The lowest BCUT2D eigenvalue weighted by Crippen LogP contribution is -2.64.